The second-order valence-electron chi connectivity index (χ2n) is 5.84. The first-order valence-electron chi connectivity index (χ1n) is 7.71. The van der Waals surface area contributed by atoms with Crippen LogP contribution in [0.2, 0.25) is 0 Å². The quantitative estimate of drug-likeness (QED) is 0.693. The molecule has 0 N–H and O–H groups in total. The predicted molar refractivity (Wildman–Crippen MR) is 90.9 cm³/mol. The first-order chi connectivity index (χ1) is 11.5. The molecule has 1 aromatic carbocycles. The number of nitrogens with zero attached hydrogens (tertiary/aromatic N) is 2. The highest BCUT2D eigenvalue weighted by molar-refractivity contribution is 5.72. The molecule has 2 heterocycles. The van der Waals surface area contributed by atoms with Crippen LogP contribution in [0.25, 0.3) is 5.65 Å². The Balaban J connectivity index is 1.70. The van der Waals surface area contributed by atoms with Crippen LogP contribution in [0.15, 0.2) is 53.5 Å². The first-order valence-corrected chi connectivity index (χ1v) is 7.71. The van der Waals surface area contributed by atoms with Gasteiger partial charge in [0, 0.05) is 12.3 Å². The van der Waals surface area contributed by atoms with Gasteiger partial charge in [-0.3, -0.25) is 14.0 Å². The second kappa shape index (κ2) is 6.66. The molecule has 0 unspecified atom stereocenters. The van der Waals surface area contributed by atoms with E-state index in [4.69, 9.17) is 4.74 Å². The Morgan fingerprint density at radius 2 is 1.83 bits per heavy atom. The molecule has 2 aromatic heterocycles. The smallest absolute Gasteiger partial charge is 0.310 e. The fraction of sp³-hybridized carbons (Fsp3) is 0.211. The molecule has 0 amide bonds. The standard InChI is InChI=1S/C19H18N2O3/c1-13-3-5-15(6-4-13)10-19(23)24-12-16-11-18(22)21-8-7-14(2)9-17(21)20-16/h3-9,11H,10,12H2,1-2H3. The lowest BCUT2D eigenvalue weighted by Gasteiger charge is -2.07. The lowest BCUT2D eigenvalue weighted by molar-refractivity contribution is -0.144. The number of hydrogen-bond acceptors (Lipinski definition) is 4. The topological polar surface area (TPSA) is 60.7 Å². The third-order valence-corrected chi connectivity index (χ3v) is 3.73. The number of aryl methyl sites for hydroxylation is 2. The zero-order valence-corrected chi connectivity index (χ0v) is 13.7. The molecular formula is C19H18N2O3. The Kier molecular flexibility index (Phi) is 4.42. The third-order valence-electron chi connectivity index (χ3n) is 3.73. The monoisotopic (exact) mass is 322 g/mol. The molecule has 24 heavy (non-hydrogen) atoms. The average molecular weight is 322 g/mol. The number of pyridine rings is 1. The van der Waals surface area contributed by atoms with E-state index in [1.165, 1.54) is 10.5 Å². The van der Waals surface area contributed by atoms with E-state index < -0.39 is 0 Å². The van der Waals surface area contributed by atoms with E-state index >= 15 is 0 Å². The number of rotatable bonds is 4. The maximum Gasteiger partial charge on any atom is 0.310 e. The molecule has 0 aliphatic carbocycles. The summed E-state index contributed by atoms with van der Waals surface area (Å²) in [5, 5.41) is 0. The lowest BCUT2D eigenvalue weighted by atomic mass is 10.1. The van der Waals surface area contributed by atoms with Crippen LogP contribution < -0.4 is 5.56 Å². The third kappa shape index (κ3) is 3.68. The van der Waals surface area contributed by atoms with E-state index in [9.17, 15) is 9.59 Å². The normalized spacial score (nSPS) is 10.8. The highest BCUT2D eigenvalue weighted by Gasteiger charge is 2.08. The molecule has 0 spiro atoms. The van der Waals surface area contributed by atoms with Crippen LogP contribution in [0, 0.1) is 13.8 Å². The van der Waals surface area contributed by atoms with Crippen molar-refractivity contribution in [2.24, 2.45) is 0 Å². The minimum atomic E-state index is -0.343. The molecule has 3 rings (SSSR count). The highest BCUT2D eigenvalue weighted by Crippen LogP contribution is 2.07. The maximum atomic E-state index is 12.1. The van der Waals surface area contributed by atoms with Crippen LogP contribution in [0.1, 0.15) is 22.4 Å². The van der Waals surface area contributed by atoms with E-state index in [1.54, 1.807) is 6.20 Å². The molecular weight excluding hydrogens is 304 g/mol. The Hall–Kier alpha value is -2.95. The van der Waals surface area contributed by atoms with Crippen molar-refractivity contribution < 1.29 is 9.53 Å². The first kappa shape index (κ1) is 15.9. The largest absolute Gasteiger partial charge is 0.459 e. The van der Waals surface area contributed by atoms with Gasteiger partial charge in [-0.2, -0.15) is 0 Å². The van der Waals surface area contributed by atoms with Crippen LogP contribution in [0.4, 0.5) is 0 Å². The van der Waals surface area contributed by atoms with E-state index in [1.807, 2.05) is 50.2 Å². The molecule has 122 valence electrons. The van der Waals surface area contributed by atoms with Gasteiger partial charge in [0.2, 0.25) is 0 Å². The summed E-state index contributed by atoms with van der Waals surface area (Å²) in [6, 6.07) is 12.8. The molecule has 0 aliphatic heterocycles. The summed E-state index contributed by atoms with van der Waals surface area (Å²) in [5.74, 6) is -0.343. The van der Waals surface area contributed by atoms with Gasteiger partial charge in [-0.05, 0) is 37.1 Å². The van der Waals surface area contributed by atoms with Gasteiger partial charge in [0.05, 0.1) is 12.1 Å². The zero-order valence-electron chi connectivity index (χ0n) is 13.7. The summed E-state index contributed by atoms with van der Waals surface area (Å²) in [6.07, 6.45) is 1.89. The molecule has 0 fully saturated rings. The summed E-state index contributed by atoms with van der Waals surface area (Å²) in [4.78, 5) is 28.4. The van der Waals surface area contributed by atoms with Crippen LogP contribution in [0.3, 0.4) is 0 Å². The lowest BCUT2D eigenvalue weighted by Crippen LogP contribution is -2.17. The van der Waals surface area contributed by atoms with Crippen LogP contribution in [0.5, 0.6) is 0 Å². The van der Waals surface area contributed by atoms with Crippen molar-refractivity contribution >= 4 is 11.6 Å². The van der Waals surface area contributed by atoms with E-state index in [-0.39, 0.29) is 24.6 Å². The van der Waals surface area contributed by atoms with Crippen molar-refractivity contribution in [1.29, 1.82) is 0 Å². The van der Waals surface area contributed by atoms with Gasteiger partial charge in [-0.1, -0.05) is 29.8 Å². The van der Waals surface area contributed by atoms with Gasteiger partial charge >= 0.3 is 5.97 Å². The van der Waals surface area contributed by atoms with Gasteiger partial charge in [0.15, 0.2) is 0 Å². The van der Waals surface area contributed by atoms with Crippen molar-refractivity contribution in [3.05, 3.63) is 81.4 Å². The number of carbonyl (C=O) groups is 1. The molecule has 0 saturated carbocycles. The summed E-state index contributed by atoms with van der Waals surface area (Å²) >= 11 is 0. The summed E-state index contributed by atoms with van der Waals surface area (Å²) in [7, 11) is 0. The summed E-state index contributed by atoms with van der Waals surface area (Å²) in [6.45, 7) is 3.92. The Bertz CT molecular complexity index is 943. The number of hydrogen-bond donors (Lipinski definition) is 0. The summed E-state index contributed by atoms with van der Waals surface area (Å²) < 4.78 is 6.71. The van der Waals surface area contributed by atoms with Crippen LogP contribution in [-0.4, -0.2) is 15.4 Å². The number of aromatic nitrogens is 2. The summed E-state index contributed by atoms with van der Waals surface area (Å²) in [5.41, 5.74) is 3.85. The minimum Gasteiger partial charge on any atom is -0.459 e. The van der Waals surface area contributed by atoms with E-state index in [0.29, 0.717) is 11.3 Å². The molecule has 3 aromatic rings. The predicted octanol–water partition coefficient (Wildman–Crippen LogP) is 2.60. The average Bonchev–Trinajstić information content (AvgIpc) is 2.55. The molecule has 5 heteroatoms. The van der Waals surface area contributed by atoms with E-state index in [0.717, 1.165) is 16.7 Å². The zero-order chi connectivity index (χ0) is 17.1. The molecule has 0 radical (unpaired) electrons. The van der Waals surface area contributed by atoms with Crippen molar-refractivity contribution in [1.82, 2.24) is 9.38 Å². The van der Waals surface area contributed by atoms with Gasteiger partial charge in [-0.25, -0.2) is 4.98 Å². The Morgan fingerprint density at radius 3 is 2.58 bits per heavy atom. The number of carbonyl (C=O) groups excluding carboxylic acids is 1. The Morgan fingerprint density at radius 1 is 1.08 bits per heavy atom. The van der Waals surface area contributed by atoms with Crippen molar-refractivity contribution in [2.45, 2.75) is 26.9 Å². The number of esters is 1. The van der Waals surface area contributed by atoms with Crippen molar-refractivity contribution in [2.75, 3.05) is 0 Å². The second-order valence-corrected chi connectivity index (χ2v) is 5.84. The van der Waals surface area contributed by atoms with Crippen LogP contribution >= 0.6 is 0 Å². The van der Waals surface area contributed by atoms with Crippen molar-refractivity contribution in [3.8, 4) is 0 Å². The SMILES string of the molecule is Cc1ccc(CC(=O)OCc2cc(=O)n3ccc(C)cc3n2)cc1. The minimum absolute atomic E-state index is 0.00955. The molecule has 0 aliphatic rings. The van der Waals surface area contributed by atoms with Crippen molar-refractivity contribution in [3.63, 3.8) is 0 Å². The van der Waals surface area contributed by atoms with Gasteiger partial charge in [0.1, 0.15) is 12.3 Å². The van der Waals surface area contributed by atoms with E-state index in [2.05, 4.69) is 4.98 Å². The number of ether oxygens (including phenoxy) is 1. The molecule has 0 atom stereocenters. The van der Waals surface area contributed by atoms with Crippen LogP contribution in [-0.2, 0) is 22.6 Å². The molecule has 5 nitrogen and oxygen atoms in total. The fourth-order valence-corrected chi connectivity index (χ4v) is 2.41. The highest BCUT2D eigenvalue weighted by atomic mass is 16.5. The number of benzene rings is 1. The Labute approximate surface area is 139 Å². The fourth-order valence-electron chi connectivity index (χ4n) is 2.41. The number of fused-ring (bicyclic) bond motifs is 1. The molecule has 0 saturated heterocycles. The molecule has 0 bridgehead atoms. The maximum absolute atomic E-state index is 12.1. The van der Waals surface area contributed by atoms with Gasteiger partial charge in [-0.15, -0.1) is 0 Å². The van der Waals surface area contributed by atoms with Gasteiger partial charge in [0.25, 0.3) is 5.56 Å². The van der Waals surface area contributed by atoms with Gasteiger partial charge < -0.3 is 4.74 Å².